The predicted molar refractivity (Wildman–Crippen MR) is 136 cm³/mol. The van der Waals surface area contributed by atoms with Gasteiger partial charge in [0.25, 0.3) is 0 Å². The van der Waals surface area contributed by atoms with E-state index in [9.17, 15) is 14.4 Å². The molecule has 3 atom stereocenters. The number of hydrogen-bond acceptors (Lipinski definition) is 7. The number of ketones is 1. The lowest BCUT2D eigenvalue weighted by atomic mass is 9.66. The van der Waals surface area contributed by atoms with Gasteiger partial charge in [0.2, 0.25) is 5.41 Å². The third kappa shape index (κ3) is 4.74. The van der Waals surface area contributed by atoms with Crippen molar-refractivity contribution >= 4 is 17.7 Å². The van der Waals surface area contributed by atoms with Gasteiger partial charge in [0.1, 0.15) is 11.9 Å². The van der Waals surface area contributed by atoms with E-state index in [2.05, 4.69) is 0 Å². The zero-order valence-corrected chi connectivity index (χ0v) is 21.1. The Kier molecular flexibility index (Phi) is 8.04. The molecular formula is C30H30O7. The highest BCUT2D eigenvalue weighted by molar-refractivity contribution is 6.10. The van der Waals surface area contributed by atoms with Gasteiger partial charge in [0.15, 0.2) is 5.78 Å². The SMILES string of the molecule is CCOC(=O)C1(C(=O)OCC)[C@@H](c2ccccc2)O[C@@H](c2ccccc2)[C@H]1C(=O)c1ccc(OC)cc1. The molecule has 0 saturated carbocycles. The van der Waals surface area contributed by atoms with Gasteiger partial charge in [0.05, 0.1) is 32.3 Å². The molecule has 0 amide bonds. The van der Waals surface area contributed by atoms with E-state index >= 15 is 0 Å². The molecule has 7 heteroatoms. The van der Waals surface area contributed by atoms with Gasteiger partial charge < -0.3 is 18.9 Å². The molecule has 1 aliphatic heterocycles. The summed E-state index contributed by atoms with van der Waals surface area (Å²) in [6.45, 7) is 3.33. The first kappa shape index (κ1) is 26.1. The van der Waals surface area contributed by atoms with Crippen molar-refractivity contribution in [1.29, 1.82) is 0 Å². The third-order valence-corrected chi connectivity index (χ3v) is 6.60. The number of hydrogen-bond donors (Lipinski definition) is 0. The van der Waals surface area contributed by atoms with Gasteiger partial charge in [-0.2, -0.15) is 0 Å². The Balaban J connectivity index is 1.99. The van der Waals surface area contributed by atoms with Crippen LogP contribution in [0.25, 0.3) is 0 Å². The summed E-state index contributed by atoms with van der Waals surface area (Å²) < 4.78 is 22.8. The lowest BCUT2D eigenvalue weighted by Crippen LogP contribution is -2.51. The van der Waals surface area contributed by atoms with Gasteiger partial charge in [-0.05, 0) is 49.2 Å². The van der Waals surface area contributed by atoms with Crippen LogP contribution in [0.1, 0.15) is 47.5 Å². The summed E-state index contributed by atoms with van der Waals surface area (Å²) in [7, 11) is 1.53. The van der Waals surface area contributed by atoms with E-state index in [4.69, 9.17) is 18.9 Å². The molecule has 3 aromatic carbocycles. The Bertz CT molecular complexity index is 1200. The lowest BCUT2D eigenvalue weighted by Gasteiger charge is -2.33. The second-order valence-electron chi connectivity index (χ2n) is 8.64. The van der Waals surface area contributed by atoms with E-state index in [1.54, 1.807) is 62.4 Å². The molecule has 7 nitrogen and oxygen atoms in total. The maximum absolute atomic E-state index is 14.3. The molecule has 0 unspecified atom stereocenters. The average Bonchev–Trinajstić information content (AvgIpc) is 3.31. The van der Waals surface area contributed by atoms with Crippen LogP contribution in [0.4, 0.5) is 0 Å². The Hall–Kier alpha value is -3.97. The maximum atomic E-state index is 14.3. The van der Waals surface area contributed by atoms with Crippen LogP contribution in [0.15, 0.2) is 84.9 Å². The van der Waals surface area contributed by atoms with Crippen LogP contribution in [-0.2, 0) is 23.8 Å². The Morgan fingerprint density at radius 1 is 0.757 bits per heavy atom. The molecule has 1 fully saturated rings. The standard InChI is InChI=1S/C30H30O7/c1-4-35-28(32)30(29(33)36-5-2)24(25(31)20-16-18-23(34-3)19-17-20)26(21-12-8-6-9-13-21)37-27(30)22-14-10-7-11-15-22/h6-19,24,26-27H,4-5H2,1-3H3/t24-,26+,27-/m1/s1. The summed E-state index contributed by atoms with van der Waals surface area (Å²) in [5.41, 5.74) is -0.549. The number of benzene rings is 3. The van der Waals surface area contributed by atoms with E-state index in [0.717, 1.165) is 0 Å². The molecule has 1 heterocycles. The van der Waals surface area contributed by atoms with E-state index in [-0.39, 0.29) is 13.2 Å². The molecule has 0 bridgehead atoms. The Morgan fingerprint density at radius 2 is 1.27 bits per heavy atom. The van der Waals surface area contributed by atoms with Gasteiger partial charge in [-0.15, -0.1) is 0 Å². The Morgan fingerprint density at radius 3 is 1.76 bits per heavy atom. The van der Waals surface area contributed by atoms with Crippen LogP contribution in [0, 0.1) is 11.3 Å². The highest BCUT2D eigenvalue weighted by Gasteiger charge is 2.70. The van der Waals surface area contributed by atoms with Gasteiger partial charge in [-0.1, -0.05) is 60.7 Å². The van der Waals surface area contributed by atoms with Crippen molar-refractivity contribution in [1.82, 2.24) is 0 Å². The van der Waals surface area contributed by atoms with Gasteiger partial charge in [-0.25, -0.2) is 0 Å². The molecule has 0 N–H and O–H groups in total. The normalized spacial score (nSPS) is 20.1. The molecule has 192 valence electrons. The molecule has 3 aromatic rings. The smallest absolute Gasteiger partial charge is 0.327 e. The van der Waals surface area contributed by atoms with Gasteiger partial charge >= 0.3 is 11.9 Å². The van der Waals surface area contributed by atoms with Crippen LogP contribution in [0.5, 0.6) is 5.75 Å². The first-order chi connectivity index (χ1) is 18.0. The fourth-order valence-electron chi connectivity index (χ4n) is 4.95. The second kappa shape index (κ2) is 11.4. The Labute approximate surface area is 216 Å². The molecular weight excluding hydrogens is 472 g/mol. The number of esters is 2. The quantitative estimate of drug-likeness (QED) is 0.228. The minimum Gasteiger partial charge on any atom is -0.497 e. The summed E-state index contributed by atoms with van der Waals surface area (Å²) in [6.07, 6.45) is -2.04. The number of Topliss-reactive ketones (excluding diaryl/α,β-unsaturated/α-hetero) is 1. The van der Waals surface area contributed by atoms with Crippen molar-refractivity contribution in [3.05, 3.63) is 102 Å². The average molecular weight is 503 g/mol. The van der Waals surface area contributed by atoms with Crippen molar-refractivity contribution in [3.63, 3.8) is 0 Å². The summed E-state index contributed by atoms with van der Waals surface area (Å²) in [5.74, 6) is -2.83. The molecule has 0 aliphatic carbocycles. The zero-order valence-electron chi connectivity index (χ0n) is 21.1. The molecule has 0 radical (unpaired) electrons. The van der Waals surface area contributed by atoms with Gasteiger partial charge in [0, 0.05) is 5.56 Å². The number of ether oxygens (including phenoxy) is 4. The van der Waals surface area contributed by atoms with Crippen molar-refractivity contribution in [3.8, 4) is 5.75 Å². The minimum atomic E-state index is -2.08. The van der Waals surface area contributed by atoms with E-state index in [1.165, 1.54) is 7.11 Å². The van der Waals surface area contributed by atoms with E-state index in [0.29, 0.717) is 22.4 Å². The zero-order chi connectivity index (χ0) is 26.4. The summed E-state index contributed by atoms with van der Waals surface area (Å²) in [4.78, 5) is 42.1. The third-order valence-electron chi connectivity index (χ3n) is 6.60. The first-order valence-corrected chi connectivity index (χ1v) is 12.3. The van der Waals surface area contributed by atoms with Crippen LogP contribution in [0.3, 0.4) is 0 Å². The van der Waals surface area contributed by atoms with Crippen molar-refractivity contribution in [2.45, 2.75) is 26.1 Å². The van der Waals surface area contributed by atoms with Crippen molar-refractivity contribution in [2.75, 3.05) is 20.3 Å². The van der Waals surface area contributed by atoms with E-state index in [1.807, 2.05) is 36.4 Å². The second-order valence-corrected chi connectivity index (χ2v) is 8.64. The van der Waals surface area contributed by atoms with Crippen LogP contribution in [0.2, 0.25) is 0 Å². The fraction of sp³-hybridized carbons (Fsp3) is 0.300. The molecule has 4 rings (SSSR count). The number of carbonyl (C=O) groups is 3. The summed E-state index contributed by atoms with van der Waals surface area (Å²) in [6, 6.07) is 24.6. The maximum Gasteiger partial charge on any atom is 0.327 e. The molecule has 0 aromatic heterocycles. The van der Waals surface area contributed by atoms with Crippen LogP contribution >= 0.6 is 0 Å². The molecule has 1 saturated heterocycles. The lowest BCUT2D eigenvalue weighted by molar-refractivity contribution is -0.178. The largest absolute Gasteiger partial charge is 0.497 e. The number of methoxy groups -OCH3 is 1. The number of rotatable bonds is 9. The van der Waals surface area contributed by atoms with Crippen molar-refractivity contribution in [2.24, 2.45) is 11.3 Å². The summed E-state index contributed by atoms with van der Waals surface area (Å²) >= 11 is 0. The van der Waals surface area contributed by atoms with Crippen LogP contribution in [-0.4, -0.2) is 38.0 Å². The van der Waals surface area contributed by atoms with Crippen molar-refractivity contribution < 1.29 is 33.3 Å². The monoisotopic (exact) mass is 502 g/mol. The highest BCUT2D eigenvalue weighted by Crippen LogP contribution is 2.59. The topological polar surface area (TPSA) is 88.1 Å². The minimum absolute atomic E-state index is 0.0148. The van der Waals surface area contributed by atoms with E-state index < -0.39 is 41.3 Å². The first-order valence-electron chi connectivity index (χ1n) is 12.3. The van der Waals surface area contributed by atoms with Crippen LogP contribution < -0.4 is 4.74 Å². The van der Waals surface area contributed by atoms with Gasteiger partial charge in [-0.3, -0.25) is 14.4 Å². The molecule has 1 aliphatic rings. The summed E-state index contributed by atoms with van der Waals surface area (Å²) in [5, 5.41) is 0. The molecule has 0 spiro atoms. The highest BCUT2D eigenvalue weighted by atomic mass is 16.6. The molecule has 37 heavy (non-hydrogen) atoms. The predicted octanol–water partition coefficient (Wildman–Crippen LogP) is 5.12. The fourth-order valence-corrected chi connectivity index (χ4v) is 4.95. The number of carbonyl (C=O) groups excluding carboxylic acids is 3.